The number of ketones is 1. The first-order chi connectivity index (χ1) is 14.3. The third-order valence-electron chi connectivity index (χ3n) is 6.61. The molecule has 2 aromatic carbocycles. The van der Waals surface area contributed by atoms with E-state index >= 15 is 0 Å². The Labute approximate surface area is 185 Å². The summed E-state index contributed by atoms with van der Waals surface area (Å²) in [4.78, 5) is 13.5. The number of aromatic nitrogens is 1. The minimum Gasteiger partial charge on any atom is -0.399 e. The van der Waals surface area contributed by atoms with Crippen LogP contribution in [0.15, 0.2) is 48.7 Å². The zero-order valence-electron chi connectivity index (χ0n) is 19.9. The van der Waals surface area contributed by atoms with Crippen molar-refractivity contribution in [1.29, 1.82) is 0 Å². The highest BCUT2D eigenvalue weighted by Crippen LogP contribution is 2.38. The SMILES string of the molecule is Cc1ccc(-n2cc(C(=O)C(C)(C)C)c3c(B4OC(C)(C)C(C)(C)O4)cccc32)cc1. The van der Waals surface area contributed by atoms with Gasteiger partial charge >= 0.3 is 7.12 Å². The molecule has 0 unspecified atom stereocenters. The van der Waals surface area contributed by atoms with Gasteiger partial charge in [0, 0.05) is 28.2 Å². The van der Waals surface area contributed by atoms with Gasteiger partial charge in [0.05, 0.1) is 16.7 Å². The normalized spacial score (nSPS) is 18.0. The van der Waals surface area contributed by atoms with Gasteiger partial charge in [0.2, 0.25) is 0 Å². The number of fused-ring (bicyclic) bond motifs is 1. The van der Waals surface area contributed by atoms with Crippen LogP contribution in [0.25, 0.3) is 16.6 Å². The summed E-state index contributed by atoms with van der Waals surface area (Å²) in [7, 11) is -0.533. The van der Waals surface area contributed by atoms with Crippen molar-refractivity contribution < 1.29 is 14.1 Å². The van der Waals surface area contributed by atoms with Gasteiger partial charge in [0.1, 0.15) is 0 Å². The smallest absolute Gasteiger partial charge is 0.399 e. The minimum atomic E-state index is -0.533. The van der Waals surface area contributed by atoms with Crippen LogP contribution in [0.1, 0.15) is 64.4 Å². The highest BCUT2D eigenvalue weighted by atomic mass is 16.7. The van der Waals surface area contributed by atoms with E-state index in [2.05, 4.69) is 41.8 Å². The number of Topliss-reactive ketones (excluding diaryl/α,β-unsaturated/α-hetero) is 1. The van der Waals surface area contributed by atoms with E-state index in [4.69, 9.17) is 9.31 Å². The quantitative estimate of drug-likeness (QED) is 0.419. The average Bonchev–Trinajstić information content (AvgIpc) is 3.15. The molecule has 0 bridgehead atoms. The number of hydrogen-bond donors (Lipinski definition) is 0. The lowest BCUT2D eigenvalue weighted by Crippen LogP contribution is -2.41. The van der Waals surface area contributed by atoms with Crippen LogP contribution in [0.2, 0.25) is 0 Å². The van der Waals surface area contributed by atoms with Gasteiger partial charge in [0.25, 0.3) is 0 Å². The Bertz CT molecular complexity index is 1130. The molecular weight excluding hydrogens is 385 g/mol. The number of rotatable bonds is 3. The van der Waals surface area contributed by atoms with Crippen LogP contribution in [0.3, 0.4) is 0 Å². The van der Waals surface area contributed by atoms with Crippen LogP contribution in [0, 0.1) is 12.3 Å². The van der Waals surface area contributed by atoms with Crippen molar-refractivity contribution in [2.75, 3.05) is 0 Å². The third-order valence-corrected chi connectivity index (χ3v) is 6.61. The molecule has 0 amide bonds. The first-order valence-electron chi connectivity index (χ1n) is 10.9. The summed E-state index contributed by atoms with van der Waals surface area (Å²) in [5.74, 6) is 0.104. The van der Waals surface area contributed by atoms with E-state index < -0.39 is 23.7 Å². The van der Waals surface area contributed by atoms with E-state index in [-0.39, 0.29) is 5.78 Å². The summed E-state index contributed by atoms with van der Waals surface area (Å²) >= 11 is 0. The van der Waals surface area contributed by atoms with Crippen molar-refractivity contribution in [3.05, 3.63) is 59.8 Å². The Morgan fingerprint density at radius 1 is 0.935 bits per heavy atom. The Morgan fingerprint density at radius 2 is 1.52 bits per heavy atom. The second-order valence-corrected chi connectivity index (χ2v) is 10.7. The van der Waals surface area contributed by atoms with Crippen molar-refractivity contribution in [2.45, 2.75) is 66.6 Å². The summed E-state index contributed by atoms with van der Waals surface area (Å²) in [6.45, 7) is 16.1. The molecule has 1 aromatic heterocycles. The largest absolute Gasteiger partial charge is 0.495 e. The van der Waals surface area contributed by atoms with Gasteiger partial charge in [-0.05, 0) is 58.3 Å². The number of carbonyl (C=O) groups excluding carboxylic acids is 1. The maximum Gasteiger partial charge on any atom is 0.495 e. The van der Waals surface area contributed by atoms with Crippen molar-refractivity contribution in [1.82, 2.24) is 4.57 Å². The van der Waals surface area contributed by atoms with Gasteiger partial charge in [-0.2, -0.15) is 0 Å². The molecule has 3 aromatic rings. The highest BCUT2D eigenvalue weighted by molar-refractivity contribution is 6.65. The van der Waals surface area contributed by atoms with Gasteiger partial charge in [-0.25, -0.2) is 0 Å². The van der Waals surface area contributed by atoms with E-state index in [1.54, 1.807) is 0 Å². The number of carbonyl (C=O) groups is 1. The molecule has 1 aliphatic rings. The van der Waals surface area contributed by atoms with Crippen molar-refractivity contribution in [3.8, 4) is 5.69 Å². The van der Waals surface area contributed by atoms with Gasteiger partial charge < -0.3 is 13.9 Å². The van der Waals surface area contributed by atoms with Gasteiger partial charge in [-0.1, -0.05) is 50.6 Å². The van der Waals surface area contributed by atoms with Crippen molar-refractivity contribution in [3.63, 3.8) is 0 Å². The zero-order chi connectivity index (χ0) is 22.8. The molecule has 0 aliphatic carbocycles. The molecule has 0 atom stereocenters. The lowest BCUT2D eigenvalue weighted by Gasteiger charge is -2.32. The maximum atomic E-state index is 13.5. The van der Waals surface area contributed by atoms with Gasteiger partial charge in [0.15, 0.2) is 5.78 Å². The maximum absolute atomic E-state index is 13.5. The van der Waals surface area contributed by atoms with Crippen LogP contribution in [-0.2, 0) is 9.31 Å². The Hall–Kier alpha value is -2.37. The molecule has 1 fully saturated rings. The number of hydrogen-bond acceptors (Lipinski definition) is 3. The van der Waals surface area contributed by atoms with Crippen LogP contribution >= 0.6 is 0 Å². The lowest BCUT2D eigenvalue weighted by molar-refractivity contribution is 0.00578. The number of aryl methyl sites for hydroxylation is 1. The summed E-state index contributed by atoms with van der Waals surface area (Å²) in [5, 5.41) is 0.904. The van der Waals surface area contributed by atoms with Gasteiger partial charge in [-0.15, -0.1) is 0 Å². The van der Waals surface area contributed by atoms with E-state index in [9.17, 15) is 4.79 Å². The minimum absolute atomic E-state index is 0.104. The van der Waals surface area contributed by atoms with E-state index in [0.717, 1.165) is 22.1 Å². The molecule has 0 N–H and O–H groups in total. The van der Waals surface area contributed by atoms with Crippen molar-refractivity contribution >= 4 is 29.3 Å². The molecule has 1 aliphatic heterocycles. The Morgan fingerprint density at radius 3 is 2.06 bits per heavy atom. The highest BCUT2D eigenvalue weighted by Gasteiger charge is 2.52. The molecular formula is C26H32BNO3. The summed E-state index contributed by atoms with van der Waals surface area (Å²) in [5.41, 5.74) is 3.39. The molecule has 0 saturated carbocycles. The predicted molar refractivity (Wildman–Crippen MR) is 128 cm³/mol. The Kier molecular flexibility index (Phi) is 4.99. The molecule has 2 heterocycles. The summed E-state index contributed by atoms with van der Waals surface area (Å²) in [6, 6.07) is 14.4. The Balaban J connectivity index is 1.97. The molecule has 4 rings (SSSR count). The fourth-order valence-corrected chi connectivity index (χ4v) is 3.98. The standard InChI is InChI=1S/C26H32BNO3/c1-17-12-14-18(15-13-17)28-16-19(23(29)24(2,3)4)22-20(10-9-11-21(22)28)27-30-25(5,6)26(7,8)31-27/h9-16H,1-8H3. The molecule has 4 nitrogen and oxygen atoms in total. The van der Waals surface area contributed by atoms with Crippen LogP contribution in [-0.4, -0.2) is 28.7 Å². The molecule has 31 heavy (non-hydrogen) atoms. The van der Waals surface area contributed by atoms with Gasteiger partial charge in [-0.3, -0.25) is 4.79 Å². The van der Waals surface area contributed by atoms with E-state index in [1.807, 2.05) is 66.8 Å². The molecule has 0 spiro atoms. The third kappa shape index (κ3) is 3.64. The molecule has 5 heteroatoms. The second-order valence-electron chi connectivity index (χ2n) is 10.7. The molecule has 0 radical (unpaired) electrons. The summed E-state index contributed by atoms with van der Waals surface area (Å²) < 4.78 is 14.8. The van der Waals surface area contributed by atoms with E-state index in [0.29, 0.717) is 5.56 Å². The van der Waals surface area contributed by atoms with Crippen molar-refractivity contribution in [2.24, 2.45) is 5.41 Å². The predicted octanol–water partition coefficient (Wildman–Crippen LogP) is 5.47. The second kappa shape index (κ2) is 7.08. The fraction of sp³-hybridized carbons (Fsp3) is 0.423. The zero-order valence-corrected chi connectivity index (χ0v) is 19.9. The monoisotopic (exact) mass is 417 g/mol. The summed E-state index contributed by atoms with van der Waals surface area (Å²) in [6.07, 6.45) is 1.97. The lowest BCUT2D eigenvalue weighted by atomic mass is 9.75. The number of nitrogens with zero attached hydrogens (tertiary/aromatic N) is 1. The average molecular weight is 417 g/mol. The number of benzene rings is 2. The topological polar surface area (TPSA) is 40.5 Å². The molecule has 1 saturated heterocycles. The molecule has 162 valence electrons. The van der Waals surface area contributed by atoms with Crippen LogP contribution in [0.4, 0.5) is 0 Å². The van der Waals surface area contributed by atoms with E-state index in [1.165, 1.54) is 5.56 Å². The fourth-order valence-electron chi connectivity index (χ4n) is 3.98. The first-order valence-corrected chi connectivity index (χ1v) is 10.9. The first kappa shape index (κ1) is 21.9. The van der Waals surface area contributed by atoms with Crippen LogP contribution < -0.4 is 5.46 Å². The van der Waals surface area contributed by atoms with Crippen LogP contribution in [0.5, 0.6) is 0 Å².